The molecular weight excluding hydrogens is 428 g/mol. The Kier molecular flexibility index (Phi) is 6.21. The van der Waals surface area contributed by atoms with Gasteiger partial charge in [-0.3, -0.25) is 9.59 Å². The number of likely N-dealkylation sites (tertiary alicyclic amines) is 1. The van der Waals surface area contributed by atoms with E-state index in [9.17, 15) is 14.7 Å². The van der Waals surface area contributed by atoms with Crippen LogP contribution in [0.25, 0.3) is 0 Å². The van der Waals surface area contributed by atoms with Crippen LogP contribution in [0.5, 0.6) is 5.75 Å². The summed E-state index contributed by atoms with van der Waals surface area (Å²) in [5, 5.41) is 15.4. The van der Waals surface area contributed by atoms with Gasteiger partial charge in [0.15, 0.2) is 0 Å². The molecule has 180 valence electrons. The molecule has 3 atom stereocenters. The third-order valence-corrected chi connectivity index (χ3v) is 7.96. The Hall–Kier alpha value is -2.70. The highest BCUT2D eigenvalue weighted by molar-refractivity contribution is 5.94. The van der Waals surface area contributed by atoms with Crippen LogP contribution in [0.3, 0.4) is 0 Å². The number of nitrogens with zero attached hydrogens (tertiary/aromatic N) is 1. The Morgan fingerprint density at radius 3 is 2.62 bits per heavy atom. The first-order chi connectivity index (χ1) is 16.4. The molecule has 2 aliphatic carbocycles. The smallest absolute Gasteiger partial charge is 0.308 e. The van der Waals surface area contributed by atoms with E-state index in [1.165, 1.54) is 19.8 Å². The number of nitrogens with one attached hydrogen (secondary N) is 1. The molecule has 5 rings (SSSR count). The number of hydrogen-bond acceptors (Lipinski definition) is 5. The molecule has 0 aromatic heterocycles. The molecule has 0 spiro atoms. The average Bonchev–Trinajstić information content (AvgIpc) is 3.63. The molecule has 1 aliphatic heterocycles. The second kappa shape index (κ2) is 9.16. The van der Waals surface area contributed by atoms with Crippen molar-refractivity contribution < 1.29 is 19.4 Å². The quantitative estimate of drug-likeness (QED) is 0.506. The molecule has 0 unspecified atom stereocenters. The predicted octanol–water partition coefficient (Wildman–Crippen LogP) is 3.68. The average molecular weight is 463 g/mol. The maximum atomic E-state index is 12.9. The van der Waals surface area contributed by atoms with E-state index in [1.807, 2.05) is 48.5 Å². The summed E-state index contributed by atoms with van der Waals surface area (Å²) in [5.41, 5.74) is 0.214. The lowest BCUT2D eigenvalue weighted by molar-refractivity contribution is -0.132. The minimum absolute atomic E-state index is 0.0413. The van der Waals surface area contributed by atoms with Crippen LogP contribution >= 0.6 is 0 Å². The molecule has 1 saturated heterocycles. The van der Waals surface area contributed by atoms with E-state index >= 15 is 0 Å². The normalized spacial score (nSPS) is 29.2. The maximum Gasteiger partial charge on any atom is 0.308 e. The summed E-state index contributed by atoms with van der Waals surface area (Å²) >= 11 is 0. The van der Waals surface area contributed by atoms with Gasteiger partial charge in [-0.1, -0.05) is 30.3 Å². The van der Waals surface area contributed by atoms with Gasteiger partial charge in [0, 0.05) is 37.0 Å². The van der Waals surface area contributed by atoms with E-state index in [0.717, 1.165) is 37.4 Å². The topological polar surface area (TPSA) is 78.9 Å². The van der Waals surface area contributed by atoms with E-state index in [2.05, 4.69) is 10.2 Å². The van der Waals surface area contributed by atoms with Crippen LogP contribution in [0.4, 0.5) is 0 Å². The number of rotatable bonds is 6. The lowest BCUT2D eigenvalue weighted by Crippen LogP contribution is -2.67. The van der Waals surface area contributed by atoms with Gasteiger partial charge in [0.25, 0.3) is 5.91 Å². The van der Waals surface area contributed by atoms with Crippen molar-refractivity contribution in [1.29, 1.82) is 0 Å². The fourth-order valence-corrected chi connectivity index (χ4v) is 6.08. The molecule has 2 aromatic rings. The molecular formula is C28H34N2O4. The van der Waals surface area contributed by atoms with Crippen molar-refractivity contribution in [2.45, 2.75) is 62.5 Å². The van der Waals surface area contributed by atoms with Crippen molar-refractivity contribution in [3.05, 3.63) is 65.7 Å². The molecule has 1 heterocycles. The molecule has 3 aliphatic rings. The van der Waals surface area contributed by atoms with Gasteiger partial charge in [0.05, 0.1) is 5.60 Å². The van der Waals surface area contributed by atoms with Crippen LogP contribution in [-0.2, 0) is 10.2 Å². The van der Waals surface area contributed by atoms with Crippen LogP contribution in [0.1, 0.15) is 61.4 Å². The molecule has 6 nitrogen and oxygen atoms in total. The molecule has 2 saturated carbocycles. The molecule has 0 bridgehead atoms. The maximum absolute atomic E-state index is 12.9. The van der Waals surface area contributed by atoms with Crippen molar-refractivity contribution in [1.82, 2.24) is 10.2 Å². The summed E-state index contributed by atoms with van der Waals surface area (Å²) < 4.78 is 5.39. The Bertz CT molecular complexity index is 1050. The van der Waals surface area contributed by atoms with Gasteiger partial charge in [-0.15, -0.1) is 0 Å². The zero-order chi connectivity index (χ0) is 23.8. The van der Waals surface area contributed by atoms with Crippen LogP contribution < -0.4 is 10.1 Å². The van der Waals surface area contributed by atoms with E-state index in [0.29, 0.717) is 30.7 Å². The van der Waals surface area contributed by atoms with Crippen molar-refractivity contribution in [2.75, 3.05) is 19.6 Å². The fraction of sp³-hybridized carbons (Fsp3) is 0.500. The van der Waals surface area contributed by atoms with Crippen LogP contribution in [0, 0.1) is 5.92 Å². The van der Waals surface area contributed by atoms with E-state index in [-0.39, 0.29) is 17.9 Å². The van der Waals surface area contributed by atoms with E-state index in [1.54, 1.807) is 6.07 Å². The summed E-state index contributed by atoms with van der Waals surface area (Å²) in [6.07, 6.45) is 5.39. The zero-order valence-electron chi connectivity index (χ0n) is 19.8. The lowest BCUT2D eigenvalue weighted by atomic mass is 9.55. The zero-order valence-corrected chi connectivity index (χ0v) is 19.8. The van der Waals surface area contributed by atoms with Gasteiger partial charge in [0.2, 0.25) is 0 Å². The van der Waals surface area contributed by atoms with Crippen LogP contribution in [0.15, 0.2) is 54.6 Å². The van der Waals surface area contributed by atoms with Crippen molar-refractivity contribution in [2.24, 2.45) is 5.92 Å². The Balaban J connectivity index is 1.44. The number of hydrogen-bond donors (Lipinski definition) is 2. The molecule has 6 heteroatoms. The number of fused-ring (bicyclic) bond motifs is 1. The third kappa shape index (κ3) is 4.62. The summed E-state index contributed by atoms with van der Waals surface area (Å²) in [6, 6.07) is 16.9. The summed E-state index contributed by atoms with van der Waals surface area (Å²) in [7, 11) is 0. The minimum Gasteiger partial charge on any atom is -0.427 e. The lowest BCUT2D eigenvalue weighted by Gasteiger charge is -2.58. The van der Waals surface area contributed by atoms with Crippen LogP contribution in [0.2, 0.25) is 0 Å². The number of carbonyl (C=O) groups is 2. The molecule has 1 amide bonds. The summed E-state index contributed by atoms with van der Waals surface area (Å²) in [5.74, 6) is 0.828. The monoisotopic (exact) mass is 462 g/mol. The molecule has 3 fully saturated rings. The number of esters is 1. The predicted molar refractivity (Wildman–Crippen MR) is 130 cm³/mol. The number of benzene rings is 2. The summed E-state index contributed by atoms with van der Waals surface area (Å²) in [4.78, 5) is 26.9. The first kappa shape index (κ1) is 23.1. The Morgan fingerprint density at radius 1 is 1.09 bits per heavy atom. The van der Waals surface area contributed by atoms with Crippen LogP contribution in [-0.4, -0.2) is 53.2 Å². The highest BCUT2D eigenvalue weighted by Crippen LogP contribution is 2.52. The third-order valence-electron chi connectivity index (χ3n) is 7.96. The number of amides is 1. The van der Waals surface area contributed by atoms with Gasteiger partial charge in [0.1, 0.15) is 5.75 Å². The number of β-amino-alcohol motifs (C(OH)–C–C–N with tert-alkyl or cyclic N) is 1. The SMILES string of the molecule is CC(=O)Oc1cccc([C@@]23CCN(CC4CC4)C[C@@]2(O)CC[C@H](NC(=O)c2ccccc2)C3)c1. The number of ether oxygens (including phenoxy) is 1. The Morgan fingerprint density at radius 2 is 1.88 bits per heavy atom. The largest absolute Gasteiger partial charge is 0.427 e. The van der Waals surface area contributed by atoms with Gasteiger partial charge in [-0.05, 0) is 80.8 Å². The standard InChI is InChI=1S/C28H34N2O4/c1-20(31)34-25-9-5-8-23(16-25)27-14-15-30(18-21-10-11-21)19-28(27,33)13-12-24(17-27)29-26(32)22-6-3-2-4-7-22/h2-9,16,21,24,33H,10-15,17-19H2,1H3,(H,29,32)/t24-,27-,28-/m0/s1. The van der Waals surface area contributed by atoms with Gasteiger partial charge >= 0.3 is 5.97 Å². The molecule has 34 heavy (non-hydrogen) atoms. The van der Waals surface area contributed by atoms with Gasteiger partial charge in [-0.25, -0.2) is 0 Å². The van der Waals surface area contributed by atoms with Crippen molar-refractivity contribution >= 4 is 11.9 Å². The molecule has 2 aromatic carbocycles. The van der Waals surface area contributed by atoms with Crippen molar-refractivity contribution in [3.8, 4) is 5.75 Å². The van der Waals surface area contributed by atoms with E-state index < -0.39 is 11.0 Å². The van der Waals surface area contributed by atoms with Crippen molar-refractivity contribution in [3.63, 3.8) is 0 Å². The molecule has 2 N–H and O–H groups in total. The Labute approximate surface area is 201 Å². The van der Waals surface area contributed by atoms with Gasteiger partial charge < -0.3 is 20.1 Å². The fourth-order valence-electron chi connectivity index (χ4n) is 6.08. The number of aliphatic hydroxyl groups is 1. The number of piperidine rings is 1. The second-order valence-electron chi connectivity index (χ2n) is 10.4. The highest BCUT2D eigenvalue weighted by Gasteiger charge is 2.58. The summed E-state index contributed by atoms with van der Waals surface area (Å²) in [6.45, 7) is 4.00. The molecule has 0 radical (unpaired) electrons. The first-order valence-electron chi connectivity index (χ1n) is 12.5. The minimum atomic E-state index is -0.900. The number of carbonyl (C=O) groups excluding carboxylic acids is 2. The highest BCUT2D eigenvalue weighted by atomic mass is 16.5. The van der Waals surface area contributed by atoms with Gasteiger partial charge in [-0.2, -0.15) is 0 Å². The second-order valence-corrected chi connectivity index (χ2v) is 10.4. The first-order valence-corrected chi connectivity index (χ1v) is 12.5. The van der Waals surface area contributed by atoms with E-state index in [4.69, 9.17) is 4.74 Å².